The Morgan fingerprint density at radius 3 is 2.63 bits per heavy atom. The monoisotopic (exact) mass is 260 g/mol. The lowest BCUT2D eigenvalue weighted by molar-refractivity contribution is 0.392. The maximum Gasteiger partial charge on any atom is 0.216 e. The number of hydrogen-bond donors (Lipinski definition) is 1. The number of ether oxygens (including phenoxy) is 2. The van der Waals surface area contributed by atoms with Crippen molar-refractivity contribution in [3.05, 3.63) is 29.8 Å². The van der Waals surface area contributed by atoms with Gasteiger partial charge in [-0.15, -0.1) is 0 Å². The van der Waals surface area contributed by atoms with E-state index in [0.29, 0.717) is 5.88 Å². The maximum atomic E-state index is 6.01. The molecule has 0 aliphatic heterocycles. The van der Waals surface area contributed by atoms with Crippen LogP contribution in [-0.4, -0.2) is 25.2 Å². The lowest BCUT2D eigenvalue weighted by Gasteiger charge is -2.13. The molecule has 0 amide bonds. The number of methoxy groups -OCH3 is 2. The Balaban J connectivity index is 2.47. The number of hydrogen-bond acceptors (Lipinski definition) is 4. The number of benzene rings is 1. The largest absolute Gasteiger partial charge is 0.497 e. The van der Waals surface area contributed by atoms with Crippen LogP contribution in [0.5, 0.6) is 11.6 Å². The predicted molar refractivity (Wildman–Crippen MR) is 76.8 cm³/mol. The first-order valence-corrected chi connectivity index (χ1v) is 6.45. The normalized spacial score (nSPS) is 12.4. The molecule has 102 valence electrons. The zero-order valence-corrected chi connectivity index (χ0v) is 11.6. The van der Waals surface area contributed by atoms with Crippen LogP contribution < -0.4 is 15.2 Å². The summed E-state index contributed by atoms with van der Waals surface area (Å²) in [6, 6.07) is 8.06. The first kappa shape index (κ1) is 13.6. The first-order valence-electron chi connectivity index (χ1n) is 6.45. The molecule has 2 N–H and O–H groups in total. The Morgan fingerprint density at radius 2 is 2.00 bits per heavy atom. The van der Waals surface area contributed by atoms with E-state index in [1.54, 1.807) is 14.2 Å². The van der Waals surface area contributed by atoms with Gasteiger partial charge < -0.3 is 15.2 Å². The van der Waals surface area contributed by atoms with Gasteiger partial charge in [-0.25, -0.2) is 4.98 Å². The van der Waals surface area contributed by atoms with Crippen molar-refractivity contribution < 1.29 is 9.47 Å². The van der Waals surface area contributed by atoms with Crippen molar-refractivity contribution in [2.75, 3.05) is 14.2 Å². The molecule has 19 heavy (non-hydrogen) atoms. The molecule has 2 rings (SSSR count). The molecule has 2 aromatic rings. The van der Waals surface area contributed by atoms with E-state index in [1.165, 1.54) is 0 Å². The minimum absolute atomic E-state index is 0.131. The molecule has 1 atom stereocenters. The van der Waals surface area contributed by atoms with Crippen molar-refractivity contribution in [2.45, 2.75) is 25.8 Å². The third kappa shape index (κ3) is 2.96. The third-order valence-corrected chi connectivity index (χ3v) is 3.26. The summed E-state index contributed by atoms with van der Waals surface area (Å²) in [4.78, 5) is 4.53. The molecule has 4 heteroatoms. The van der Waals surface area contributed by atoms with Crippen molar-refractivity contribution in [3.63, 3.8) is 0 Å². The van der Waals surface area contributed by atoms with Crippen LogP contribution in [0.3, 0.4) is 0 Å². The molecule has 0 saturated heterocycles. The van der Waals surface area contributed by atoms with Gasteiger partial charge in [-0.3, -0.25) is 0 Å². The van der Waals surface area contributed by atoms with Crippen molar-refractivity contribution >= 4 is 10.9 Å². The summed E-state index contributed by atoms with van der Waals surface area (Å²) in [5, 5.41) is 1.07. The summed E-state index contributed by atoms with van der Waals surface area (Å²) in [6.07, 6.45) is 1.71. The predicted octanol–water partition coefficient (Wildman–Crippen LogP) is 2.53. The van der Waals surface area contributed by atoms with Gasteiger partial charge >= 0.3 is 0 Å². The lowest BCUT2D eigenvalue weighted by atomic mass is 10.0. The zero-order valence-electron chi connectivity index (χ0n) is 11.6. The fourth-order valence-electron chi connectivity index (χ4n) is 2.05. The number of aromatic nitrogens is 1. The second-order valence-corrected chi connectivity index (χ2v) is 4.59. The molecule has 1 aromatic heterocycles. The first-order chi connectivity index (χ1) is 9.17. The average Bonchev–Trinajstić information content (AvgIpc) is 2.45. The summed E-state index contributed by atoms with van der Waals surface area (Å²) in [5.74, 6) is 1.43. The summed E-state index contributed by atoms with van der Waals surface area (Å²) >= 11 is 0. The van der Waals surface area contributed by atoms with Gasteiger partial charge in [0.25, 0.3) is 0 Å². The van der Waals surface area contributed by atoms with E-state index in [-0.39, 0.29) is 6.04 Å². The molecule has 0 saturated carbocycles. The highest BCUT2D eigenvalue weighted by atomic mass is 16.5. The highest BCUT2D eigenvalue weighted by Crippen LogP contribution is 2.26. The molecule has 0 radical (unpaired) electrons. The Morgan fingerprint density at radius 1 is 1.21 bits per heavy atom. The van der Waals surface area contributed by atoms with Gasteiger partial charge in [0.15, 0.2) is 0 Å². The standard InChI is InChI=1S/C15H20N2O2/c1-4-12(16)8-11-7-10-5-6-13(18-2)9-14(10)17-15(11)19-3/h5-7,9,12H,4,8,16H2,1-3H3. The SMILES string of the molecule is CCC(N)Cc1cc2ccc(OC)cc2nc1OC. The summed E-state index contributed by atoms with van der Waals surface area (Å²) in [5.41, 5.74) is 7.93. The summed E-state index contributed by atoms with van der Waals surface area (Å²) < 4.78 is 10.6. The molecule has 1 aromatic carbocycles. The summed E-state index contributed by atoms with van der Waals surface area (Å²) in [6.45, 7) is 2.08. The highest BCUT2D eigenvalue weighted by Gasteiger charge is 2.11. The molecule has 0 bridgehead atoms. The van der Waals surface area contributed by atoms with Crippen LogP contribution in [0.15, 0.2) is 24.3 Å². The van der Waals surface area contributed by atoms with Crippen molar-refractivity contribution in [1.82, 2.24) is 4.98 Å². The van der Waals surface area contributed by atoms with Gasteiger partial charge in [0.2, 0.25) is 5.88 Å². The molecular weight excluding hydrogens is 240 g/mol. The van der Waals surface area contributed by atoms with E-state index >= 15 is 0 Å². The quantitative estimate of drug-likeness (QED) is 0.897. The minimum Gasteiger partial charge on any atom is -0.497 e. The molecule has 0 aliphatic rings. The Hall–Kier alpha value is -1.81. The van der Waals surface area contributed by atoms with Gasteiger partial charge in [0, 0.05) is 23.1 Å². The van der Waals surface area contributed by atoms with Crippen molar-refractivity contribution in [1.29, 1.82) is 0 Å². The van der Waals surface area contributed by atoms with E-state index in [4.69, 9.17) is 15.2 Å². The number of pyridine rings is 1. The number of nitrogens with two attached hydrogens (primary N) is 1. The van der Waals surface area contributed by atoms with Gasteiger partial charge in [-0.2, -0.15) is 0 Å². The zero-order chi connectivity index (χ0) is 13.8. The minimum atomic E-state index is 0.131. The molecule has 0 fully saturated rings. The maximum absolute atomic E-state index is 6.01. The molecule has 0 spiro atoms. The van der Waals surface area contributed by atoms with Crippen LogP contribution in [0.1, 0.15) is 18.9 Å². The fourth-order valence-corrected chi connectivity index (χ4v) is 2.05. The van der Waals surface area contributed by atoms with Crippen LogP contribution in [0.25, 0.3) is 10.9 Å². The van der Waals surface area contributed by atoms with Gasteiger partial charge in [-0.05, 0) is 31.0 Å². The lowest BCUT2D eigenvalue weighted by Crippen LogP contribution is -2.21. The second-order valence-electron chi connectivity index (χ2n) is 4.59. The Kier molecular flexibility index (Phi) is 4.22. The van der Waals surface area contributed by atoms with Crippen LogP contribution in [-0.2, 0) is 6.42 Å². The molecule has 4 nitrogen and oxygen atoms in total. The summed E-state index contributed by atoms with van der Waals surface area (Å²) in [7, 11) is 3.28. The van der Waals surface area contributed by atoms with Crippen molar-refractivity contribution in [2.24, 2.45) is 5.73 Å². The highest BCUT2D eigenvalue weighted by molar-refractivity contribution is 5.81. The Labute approximate surface area is 113 Å². The third-order valence-electron chi connectivity index (χ3n) is 3.26. The molecular formula is C15H20N2O2. The van der Waals surface area contributed by atoms with Crippen LogP contribution in [0, 0.1) is 0 Å². The molecule has 0 aliphatic carbocycles. The Bertz CT molecular complexity index is 569. The average molecular weight is 260 g/mol. The van der Waals surface area contributed by atoms with Crippen LogP contribution in [0.2, 0.25) is 0 Å². The topological polar surface area (TPSA) is 57.4 Å². The number of rotatable bonds is 5. The van der Waals surface area contributed by atoms with E-state index in [1.807, 2.05) is 18.2 Å². The number of fused-ring (bicyclic) bond motifs is 1. The number of nitrogens with zero attached hydrogens (tertiary/aromatic N) is 1. The van der Waals surface area contributed by atoms with Gasteiger partial charge in [-0.1, -0.05) is 6.92 Å². The second kappa shape index (κ2) is 5.89. The van der Waals surface area contributed by atoms with Crippen LogP contribution in [0.4, 0.5) is 0 Å². The molecule has 1 heterocycles. The van der Waals surface area contributed by atoms with Crippen molar-refractivity contribution in [3.8, 4) is 11.6 Å². The van der Waals surface area contributed by atoms with E-state index in [0.717, 1.165) is 35.1 Å². The van der Waals surface area contributed by atoms with E-state index < -0.39 is 0 Å². The van der Waals surface area contributed by atoms with Crippen LogP contribution >= 0.6 is 0 Å². The van der Waals surface area contributed by atoms with Gasteiger partial charge in [0.05, 0.1) is 19.7 Å². The smallest absolute Gasteiger partial charge is 0.216 e. The van der Waals surface area contributed by atoms with Gasteiger partial charge in [0.1, 0.15) is 5.75 Å². The van der Waals surface area contributed by atoms with E-state index in [2.05, 4.69) is 18.0 Å². The van der Waals surface area contributed by atoms with E-state index in [9.17, 15) is 0 Å². The molecule has 1 unspecified atom stereocenters. The fraction of sp³-hybridized carbons (Fsp3) is 0.400.